The molecule has 0 radical (unpaired) electrons. The molecule has 1 saturated heterocycles. The number of guanidine groups is 1. The molecule has 7 nitrogen and oxygen atoms in total. The van der Waals surface area contributed by atoms with Gasteiger partial charge in [-0.05, 0) is 32.3 Å². The smallest absolute Gasteiger partial charge is 0.194 e. The van der Waals surface area contributed by atoms with Crippen molar-refractivity contribution < 1.29 is 18.9 Å². The predicted octanol–water partition coefficient (Wildman–Crippen LogP) is 3.30. The van der Waals surface area contributed by atoms with E-state index in [0.717, 1.165) is 75.1 Å². The number of hydrogen-bond acceptors (Lipinski definition) is 5. The zero-order chi connectivity index (χ0) is 20.2. The van der Waals surface area contributed by atoms with Crippen LogP contribution in [-0.4, -0.2) is 71.1 Å². The standard InChI is InChI=1S/C21H35N3O4.HI/c1-5-22-21(23-16-17-8-6-9-19(26-3)20(17)27-4)24-12-10-18(11-13-24)28-15-7-14-25-2;/h6,8-9,18H,5,7,10-16H2,1-4H3,(H,22,23);1H. The second-order valence-corrected chi connectivity index (χ2v) is 6.73. The number of aliphatic imine (C=N–C) groups is 1. The second-order valence-electron chi connectivity index (χ2n) is 6.73. The average molecular weight is 521 g/mol. The van der Waals surface area contributed by atoms with Gasteiger partial charge in [-0.3, -0.25) is 0 Å². The lowest BCUT2D eigenvalue weighted by atomic mass is 10.1. The van der Waals surface area contributed by atoms with Crippen LogP contribution in [0.5, 0.6) is 11.5 Å². The number of piperidine rings is 1. The summed E-state index contributed by atoms with van der Waals surface area (Å²) in [5, 5.41) is 3.41. The number of ether oxygens (including phenoxy) is 4. The average Bonchev–Trinajstić information content (AvgIpc) is 2.74. The number of rotatable bonds is 10. The zero-order valence-electron chi connectivity index (χ0n) is 18.1. The van der Waals surface area contributed by atoms with Crippen LogP contribution in [0.3, 0.4) is 0 Å². The molecule has 0 bridgehead atoms. The number of benzene rings is 1. The van der Waals surface area contributed by atoms with Gasteiger partial charge in [0.15, 0.2) is 17.5 Å². The highest BCUT2D eigenvalue weighted by Gasteiger charge is 2.22. The molecule has 0 atom stereocenters. The molecule has 29 heavy (non-hydrogen) atoms. The van der Waals surface area contributed by atoms with Crippen molar-refractivity contribution in [2.75, 3.05) is 54.2 Å². The van der Waals surface area contributed by atoms with Crippen LogP contribution >= 0.6 is 24.0 Å². The highest BCUT2D eigenvalue weighted by Crippen LogP contribution is 2.31. The van der Waals surface area contributed by atoms with Crippen molar-refractivity contribution in [1.82, 2.24) is 10.2 Å². The summed E-state index contributed by atoms with van der Waals surface area (Å²) in [5.74, 6) is 2.41. The lowest BCUT2D eigenvalue weighted by molar-refractivity contribution is 0.00990. The maximum Gasteiger partial charge on any atom is 0.194 e. The Morgan fingerprint density at radius 2 is 1.90 bits per heavy atom. The summed E-state index contributed by atoms with van der Waals surface area (Å²) >= 11 is 0. The molecule has 0 aliphatic carbocycles. The lowest BCUT2D eigenvalue weighted by Crippen LogP contribution is -2.47. The first-order chi connectivity index (χ1) is 13.7. The van der Waals surface area contributed by atoms with E-state index in [1.165, 1.54) is 0 Å². The van der Waals surface area contributed by atoms with Gasteiger partial charge in [0, 0.05) is 45.5 Å². The fraction of sp³-hybridized carbons (Fsp3) is 0.667. The Labute approximate surface area is 192 Å². The molecule has 166 valence electrons. The summed E-state index contributed by atoms with van der Waals surface area (Å²) in [4.78, 5) is 7.15. The summed E-state index contributed by atoms with van der Waals surface area (Å²) in [7, 11) is 5.03. The Hall–Kier alpha value is -1.26. The van der Waals surface area contributed by atoms with E-state index in [0.29, 0.717) is 12.6 Å². The van der Waals surface area contributed by atoms with Crippen LogP contribution in [-0.2, 0) is 16.0 Å². The summed E-state index contributed by atoms with van der Waals surface area (Å²) in [6.07, 6.45) is 3.30. The first-order valence-corrected chi connectivity index (χ1v) is 10.1. The van der Waals surface area contributed by atoms with Gasteiger partial charge in [-0.1, -0.05) is 12.1 Å². The SMILES string of the molecule is CCNC(=NCc1cccc(OC)c1OC)N1CCC(OCCCOC)CC1.I. The Kier molecular flexibility index (Phi) is 13.0. The number of halogens is 1. The van der Waals surface area contributed by atoms with Gasteiger partial charge in [-0.25, -0.2) is 4.99 Å². The van der Waals surface area contributed by atoms with Crippen molar-refractivity contribution in [2.24, 2.45) is 4.99 Å². The minimum Gasteiger partial charge on any atom is -0.493 e. The minimum absolute atomic E-state index is 0. The quantitative estimate of drug-likeness (QED) is 0.221. The number of para-hydroxylation sites is 1. The molecule has 8 heteroatoms. The highest BCUT2D eigenvalue weighted by molar-refractivity contribution is 14.0. The molecule has 1 aromatic rings. The van der Waals surface area contributed by atoms with E-state index in [9.17, 15) is 0 Å². The molecule has 0 unspecified atom stereocenters. The predicted molar refractivity (Wildman–Crippen MR) is 127 cm³/mol. The molecule has 1 aliphatic rings. The van der Waals surface area contributed by atoms with Gasteiger partial charge in [0.1, 0.15) is 0 Å². The van der Waals surface area contributed by atoms with E-state index in [4.69, 9.17) is 23.9 Å². The minimum atomic E-state index is 0. The van der Waals surface area contributed by atoms with E-state index in [2.05, 4.69) is 17.1 Å². The van der Waals surface area contributed by atoms with Crippen LogP contribution in [0.4, 0.5) is 0 Å². The largest absolute Gasteiger partial charge is 0.493 e. The third kappa shape index (κ3) is 8.18. The van der Waals surface area contributed by atoms with Crippen LogP contribution < -0.4 is 14.8 Å². The lowest BCUT2D eigenvalue weighted by Gasteiger charge is -2.34. The van der Waals surface area contributed by atoms with Gasteiger partial charge >= 0.3 is 0 Å². The van der Waals surface area contributed by atoms with Crippen LogP contribution in [0, 0.1) is 0 Å². The van der Waals surface area contributed by atoms with Crippen molar-refractivity contribution in [3.63, 3.8) is 0 Å². The molecular weight excluding hydrogens is 485 g/mol. The van der Waals surface area contributed by atoms with E-state index in [1.54, 1.807) is 21.3 Å². The number of nitrogens with zero attached hydrogens (tertiary/aromatic N) is 2. The Morgan fingerprint density at radius 3 is 2.52 bits per heavy atom. The van der Waals surface area contributed by atoms with Crippen molar-refractivity contribution in [1.29, 1.82) is 0 Å². The molecule has 1 heterocycles. The molecule has 2 rings (SSSR count). The van der Waals surface area contributed by atoms with Gasteiger partial charge in [-0.15, -0.1) is 24.0 Å². The van der Waals surface area contributed by atoms with Crippen molar-refractivity contribution in [2.45, 2.75) is 38.8 Å². The Bertz CT molecular complexity index is 608. The topological polar surface area (TPSA) is 64.6 Å². The van der Waals surface area contributed by atoms with Crippen molar-refractivity contribution in [3.05, 3.63) is 23.8 Å². The maximum atomic E-state index is 5.96. The first kappa shape index (κ1) is 25.8. The molecular formula is C21H36IN3O4. The summed E-state index contributed by atoms with van der Waals surface area (Å²) < 4.78 is 21.9. The molecule has 1 fully saturated rings. The number of nitrogens with one attached hydrogen (secondary N) is 1. The fourth-order valence-electron chi connectivity index (χ4n) is 3.35. The van der Waals surface area contributed by atoms with E-state index >= 15 is 0 Å². The monoisotopic (exact) mass is 521 g/mol. The van der Waals surface area contributed by atoms with Gasteiger partial charge in [-0.2, -0.15) is 0 Å². The van der Waals surface area contributed by atoms with Gasteiger partial charge in [0.25, 0.3) is 0 Å². The van der Waals surface area contributed by atoms with E-state index < -0.39 is 0 Å². The normalized spacial score (nSPS) is 15.0. The maximum absolute atomic E-state index is 5.96. The summed E-state index contributed by atoms with van der Waals surface area (Å²) in [5.41, 5.74) is 1.01. The second kappa shape index (κ2) is 14.7. The molecule has 1 aromatic carbocycles. The molecule has 0 amide bonds. The third-order valence-corrected chi connectivity index (χ3v) is 4.81. The van der Waals surface area contributed by atoms with Crippen molar-refractivity contribution >= 4 is 29.9 Å². The molecule has 0 saturated carbocycles. The van der Waals surface area contributed by atoms with Crippen LogP contribution in [0.1, 0.15) is 31.7 Å². The van der Waals surface area contributed by atoms with E-state index in [1.807, 2.05) is 18.2 Å². The molecule has 0 aromatic heterocycles. The molecule has 1 N–H and O–H groups in total. The van der Waals surface area contributed by atoms with Crippen LogP contribution in [0.2, 0.25) is 0 Å². The zero-order valence-corrected chi connectivity index (χ0v) is 20.4. The Morgan fingerprint density at radius 1 is 1.14 bits per heavy atom. The summed E-state index contributed by atoms with van der Waals surface area (Å²) in [6, 6.07) is 5.88. The van der Waals surface area contributed by atoms with E-state index in [-0.39, 0.29) is 24.0 Å². The van der Waals surface area contributed by atoms with Crippen LogP contribution in [0.15, 0.2) is 23.2 Å². The number of hydrogen-bond donors (Lipinski definition) is 1. The number of methoxy groups -OCH3 is 3. The fourth-order valence-corrected chi connectivity index (χ4v) is 3.35. The third-order valence-electron chi connectivity index (χ3n) is 4.81. The Balaban J connectivity index is 0.00000420. The van der Waals surface area contributed by atoms with Gasteiger partial charge in [0.05, 0.1) is 26.9 Å². The molecule has 1 aliphatic heterocycles. The molecule has 0 spiro atoms. The van der Waals surface area contributed by atoms with Gasteiger partial charge in [0.2, 0.25) is 0 Å². The summed E-state index contributed by atoms with van der Waals surface area (Å²) in [6.45, 7) is 6.86. The van der Waals surface area contributed by atoms with Gasteiger partial charge < -0.3 is 29.2 Å². The number of likely N-dealkylation sites (tertiary alicyclic amines) is 1. The highest BCUT2D eigenvalue weighted by atomic mass is 127. The first-order valence-electron chi connectivity index (χ1n) is 10.1. The van der Waals surface area contributed by atoms with Crippen LogP contribution in [0.25, 0.3) is 0 Å². The van der Waals surface area contributed by atoms with Crippen molar-refractivity contribution in [3.8, 4) is 11.5 Å².